The van der Waals surface area contributed by atoms with Gasteiger partial charge in [0.2, 0.25) is 21.9 Å². The summed E-state index contributed by atoms with van der Waals surface area (Å²) in [6.07, 6.45) is -0.463. The molecule has 11 nitrogen and oxygen atoms in total. The third-order valence-corrected chi connectivity index (χ3v) is 7.33. The Labute approximate surface area is 285 Å². The summed E-state index contributed by atoms with van der Waals surface area (Å²) < 4.78 is 78.4. The molecular formula is C28H28B5F4N6O5S. The van der Waals surface area contributed by atoms with Gasteiger partial charge in [-0.3, -0.25) is 4.79 Å². The predicted molar refractivity (Wildman–Crippen MR) is 182 cm³/mol. The van der Waals surface area contributed by atoms with Crippen LogP contribution in [-0.2, 0) is 10.0 Å². The summed E-state index contributed by atoms with van der Waals surface area (Å²) in [6, 6.07) is 9.81. The van der Waals surface area contributed by atoms with E-state index in [2.05, 4.69) is 15.4 Å². The number of anilines is 3. The van der Waals surface area contributed by atoms with E-state index in [1.165, 1.54) is 43.5 Å². The lowest BCUT2D eigenvalue weighted by atomic mass is 8.97. The normalized spacial score (nSPS) is 10.8. The molecule has 1 aromatic heterocycles. The number of nitrogens with two attached hydrogens (primary N) is 2. The van der Waals surface area contributed by atoms with Crippen LogP contribution in [0.25, 0.3) is 0 Å². The fraction of sp³-hybridized carbons (Fsp3) is 0.214. The van der Waals surface area contributed by atoms with Gasteiger partial charge in [-0.05, 0) is 59.4 Å². The zero-order chi connectivity index (χ0) is 37.4. The minimum atomic E-state index is -3.85. The van der Waals surface area contributed by atoms with E-state index >= 15 is 0 Å². The number of nitrogens with zero attached hydrogens (tertiary/aromatic N) is 3. The van der Waals surface area contributed by atoms with Crippen molar-refractivity contribution in [3.8, 4) is 0 Å². The van der Waals surface area contributed by atoms with Crippen LogP contribution in [0.4, 0.5) is 35.1 Å². The van der Waals surface area contributed by atoms with E-state index in [1.54, 1.807) is 27.7 Å². The molecule has 3 aromatic carbocycles. The number of benzene rings is 3. The highest BCUT2D eigenvalue weighted by atomic mass is 32.2. The Balaban J connectivity index is 0.000000363. The molecule has 0 aliphatic carbocycles. The van der Waals surface area contributed by atoms with E-state index in [9.17, 15) is 35.6 Å². The van der Waals surface area contributed by atoms with Crippen molar-refractivity contribution in [3.05, 3.63) is 94.1 Å². The summed E-state index contributed by atoms with van der Waals surface area (Å²) >= 11 is 0. The summed E-state index contributed by atoms with van der Waals surface area (Å²) in [5, 5.41) is 20.2. The number of carboxylic acids is 1. The molecule has 49 heavy (non-hydrogen) atoms. The Hall–Kier alpha value is -4.51. The molecular weight excluding hydrogens is 662 g/mol. The highest BCUT2D eigenvalue weighted by Crippen LogP contribution is 2.26. The first-order valence-corrected chi connectivity index (χ1v) is 15.7. The molecule has 0 unspecified atom stereocenters. The lowest BCUT2D eigenvalue weighted by molar-refractivity contribution is 0.0685. The van der Waals surface area contributed by atoms with Crippen LogP contribution in [0.1, 0.15) is 71.4 Å². The van der Waals surface area contributed by atoms with Crippen LogP contribution in [-0.4, -0.2) is 76.8 Å². The average Bonchev–Trinajstić information content (AvgIpc) is 3.36. The maximum atomic E-state index is 14.7. The number of nitrogen functional groups attached to an aromatic ring is 1. The molecule has 0 spiro atoms. The third kappa shape index (κ3) is 10.7. The average molecular weight is 691 g/mol. The number of hydrogen-bond donors (Lipinski definition) is 4. The zero-order valence-electron chi connectivity index (χ0n) is 26.7. The Morgan fingerprint density at radius 2 is 1.35 bits per heavy atom. The van der Waals surface area contributed by atoms with Crippen LogP contribution < -0.4 is 16.2 Å². The monoisotopic (exact) mass is 691 g/mol. The molecule has 0 aliphatic rings. The standard InChI is InChI=1S/C18H18F2N6O3S.C10H10F2O2.B5/c1-9(2)12-7-8-13(19)14(15(12)20)16(27)26-17(21)24-18(25-26)23-10-3-5-11(6-4-10)30(22,28)29;1-5(2)6-3-4-7(11)8(9(6)12)10(13)14;1-4-5(2)3/h3-9H,1-2H3,(H2,22,28,29)(H3,21,23,24,25);3-5H,1-2H3,(H,13,14);. The fourth-order valence-corrected chi connectivity index (χ4v) is 4.43. The van der Waals surface area contributed by atoms with Crippen LogP contribution in [0.5, 0.6) is 0 Å². The second-order valence-corrected chi connectivity index (χ2v) is 12.3. The molecule has 6 N–H and O–H groups in total. The Kier molecular flexibility index (Phi) is 14.3. The van der Waals surface area contributed by atoms with Gasteiger partial charge >= 0.3 is 5.97 Å². The number of sulfonamides is 1. The largest absolute Gasteiger partial charge is 0.477 e. The first-order chi connectivity index (χ1) is 22.7. The number of hydrogen-bond acceptors (Lipinski definition) is 8. The Morgan fingerprint density at radius 3 is 1.76 bits per heavy atom. The number of carbonyl (C=O) groups excluding carboxylic acids is 1. The Morgan fingerprint density at radius 1 is 0.898 bits per heavy atom. The van der Waals surface area contributed by atoms with Crippen molar-refractivity contribution in [2.24, 2.45) is 5.14 Å². The molecule has 4 rings (SSSR count). The quantitative estimate of drug-likeness (QED) is 0.159. The van der Waals surface area contributed by atoms with Gasteiger partial charge in [0.25, 0.3) is 5.91 Å². The number of nitrogens with one attached hydrogen (secondary N) is 1. The van der Waals surface area contributed by atoms with Crippen molar-refractivity contribution >= 4 is 76.1 Å². The van der Waals surface area contributed by atoms with Crippen LogP contribution in [0.15, 0.2) is 53.4 Å². The van der Waals surface area contributed by atoms with E-state index in [0.29, 0.717) is 10.4 Å². The van der Waals surface area contributed by atoms with E-state index in [-0.39, 0.29) is 33.8 Å². The van der Waals surface area contributed by atoms with E-state index in [1.807, 2.05) is 0 Å². The molecule has 4 aromatic rings. The van der Waals surface area contributed by atoms with Gasteiger partial charge in [0.1, 0.15) is 34.4 Å². The lowest BCUT2D eigenvalue weighted by Gasteiger charge is -2.11. The van der Waals surface area contributed by atoms with E-state index in [0.717, 1.165) is 12.1 Å². The third-order valence-electron chi connectivity index (χ3n) is 6.40. The van der Waals surface area contributed by atoms with Gasteiger partial charge in [0.05, 0.1) is 4.90 Å². The number of halogens is 4. The first-order valence-electron chi connectivity index (χ1n) is 14.1. The first kappa shape index (κ1) is 40.7. The predicted octanol–water partition coefficient (Wildman–Crippen LogP) is 3.22. The van der Waals surface area contributed by atoms with Crippen molar-refractivity contribution in [2.75, 3.05) is 11.1 Å². The lowest BCUT2D eigenvalue weighted by Crippen LogP contribution is -2.23. The van der Waals surface area contributed by atoms with Gasteiger partial charge in [-0.15, -0.1) is 5.10 Å². The van der Waals surface area contributed by atoms with E-state index < -0.39 is 68.6 Å². The molecule has 0 saturated carbocycles. The van der Waals surface area contributed by atoms with Crippen LogP contribution >= 0.6 is 0 Å². The van der Waals surface area contributed by atoms with Crippen molar-refractivity contribution in [2.45, 2.75) is 44.4 Å². The maximum absolute atomic E-state index is 14.7. The summed E-state index contributed by atoms with van der Waals surface area (Å²) in [5.41, 5.74) is 4.78. The molecule has 0 amide bonds. The molecule has 21 heteroatoms. The number of primary sulfonamides is 1. The molecule has 0 fully saturated rings. The minimum Gasteiger partial charge on any atom is -0.477 e. The van der Waals surface area contributed by atoms with Crippen molar-refractivity contribution in [1.82, 2.24) is 14.8 Å². The molecule has 7 radical (unpaired) electrons. The molecule has 0 aliphatic heterocycles. The summed E-state index contributed by atoms with van der Waals surface area (Å²) in [5.74, 6) is -7.73. The highest BCUT2D eigenvalue weighted by molar-refractivity contribution is 7.89. The van der Waals surface area contributed by atoms with Crippen molar-refractivity contribution in [3.63, 3.8) is 0 Å². The summed E-state index contributed by atoms with van der Waals surface area (Å²) in [7, 11) is 11.9. The summed E-state index contributed by atoms with van der Waals surface area (Å²) in [4.78, 5) is 27.0. The molecule has 1 heterocycles. The van der Waals surface area contributed by atoms with Gasteiger partial charge in [0, 0.05) is 42.3 Å². The molecule has 0 saturated heterocycles. The topological polar surface area (TPSA) is 183 Å². The molecule has 249 valence electrons. The minimum absolute atomic E-state index is 0.0998. The number of aromatic carboxylic acids is 1. The maximum Gasteiger partial charge on any atom is 0.341 e. The number of carboxylic acid groups (broad SMARTS) is 1. The van der Waals surface area contributed by atoms with Crippen LogP contribution in [0.2, 0.25) is 0 Å². The van der Waals surface area contributed by atoms with Crippen LogP contribution in [0.3, 0.4) is 0 Å². The van der Waals surface area contributed by atoms with Gasteiger partial charge in [-0.1, -0.05) is 39.8 Å². The number of rotatable bonds is 8. The van der Waals surface area contributed by atoms with Gasteiger partial charge in [-0.25, -0.2) is 35.9 Å². The van der Waals surface area contributed by atoms with Gasteiger partial charge < -0.3 is 16.2 Å². The molecule has 0 atom stereocenters. The fourth-order valence-electron chi connectivity index (χ4n) is 3.91. The summed E-state index contributed by atoms with van der Waals surface area (Å²) in [6.45, 7) is 6.83. The van der Waals surface area contributed by atoms with E-state index in [4.69, 9.17) is 39.2 Å². The van der Waals surface area contributed by atoms with Crippen molar-refractivity contribution in [1.29, 1.82) is 0 Å². The van der Waals surface area contributed by atoms with Crippen LogP contribution in [0, 0.1) is 23.3 Å². The van der Waals surface area contributed by atoms with Gasteiger partial charge in [0.15, 0.2) is 0 Å². The SMILES string of the molecule is CC(C)c1ccc(F)c(C(=O)O)c1F.CC(C)c1ccc(F)c(C(=O)n2nc(Nc3ccc(S(N)(=O)=O)cc3)nc2N)c1F.[B][B]B([B])[B]. The molecule has 0 bridgehead atoms. The number of aromatic nitrogens is 3. The second-order valence-electron chi connectivity index (χ2n) is 10.7. The van der Waals surface area contributed by atoms with Gasteiger partial charge in [-0.2, -0.15) is 9.67 Å². The smallest absolute Gasteiger partial charge is 0.341 e. The zero-order valence-corrected chi connectivity index (χ0v) is 27.5. The Bertz CT molecular complexity index is 1920. The van der Waals surface area contributed by atoms with Crippen molar-refractivity contribution < 1.29 is 40.7 Å². The number of carbonyl (C=O) groups is 2. The second kappa shape index (κ2) is 17.2. The highest BCUT2D eigenvalue weighted by Gasteiger charge is 2.26.